The lowest BCUT2D eigenvalue weighted by Crippen LogP contribution is -2.29. The van der Waals surface area contributed by atoms with Crippen molar-refractivity contribution < 1.29 is 27.9 Å². The lowest BCUT2D eigenvalue weighted by molar-refractivity contribution is -0.192. The van der Waals surface area contributed by atoms with Gasteiger partial charge in [-0.05, 0) is 36.1 Å². The number of carbonyl (C=O) groups is 2. The van der Waals surface area contributed by atoms with Crippen molar-refractivity contribution in [1.29, 1.82) is 0 Å². The van der Waals surface area contributed by atoms with Gasteiger partial charge in [-0.3, -0.25) is 9.78 Å². The molecule has 35 heavy (non-hydrogen) atoms. The first-order valence-electron chi connectivity index (χ1n) is 10.6. The standard InChI is InChI=1S/C21H19N5OS.C2HF3O2/c27-20(11-18-4-2-10-28-18)25-9-7-17(13-25)21-23-19-6-5-16(14-26(19)24-21)15-3-1-8-22-12-15;3-2(4,5)1(6)7/h1-6,8,10,12,14,17H,7,9,11,13H2;(H,6,7). The molecule has 4 aromatic rings. The van der Waals surface area contributed by atoms with E-state index in [2.05, 4.69) is 4.98 Å². The second-order valence-corrected chi connectivity index (χ2v) is 8.85. The Hall–Kier alpha value is -3.80. The Bertz CT molecular complexity index is 1310. The molecule has 1 amide bonds. The predicted molar refractivity (Wildman–Crippen MR) is 122 cm³/mol. The second kappa shape index (κ2) is 10.2. The topological polar surface area (TPSA) is 101 Å². The van der Waals surface area contributed by atoms with Gasteiger partial charge >= 0.3 is 12.1 Å². The summed E-state index contributed by atoms with van der Waals surface area (Å²) >= 11 is 1.63. The van der Waals surface area contributed by atoms with E-state index in [9.17, 15) is 18.0 Å². The molecule has 1 saturated heterocycles. The lowest BCUT2D eigenvalue weighted by atomic mass is 10.1. The third-order valence-electron chi connectivity index (χ3n) is 5.40. The summed E-state index contributed by atoms with van der Waals surface area (Å²) in [5.74, 6) is -1.57. The van der Waals surface area contributed by atoms with Crippen molar-refractivity contribution in [2.75, 3.05) is 13.1 Å². The molecule has 0 bridgehead atoms. The molecular weight excluding hydrogens is 483 g/mol. The molecule has 1 N–H and O–H groups in total. The third-order valence-corrected chi connectivity index (χ3v) is 6.27. The Balaban J connectivity index is 0.000000364. The summed E-state index contributed by atoms with van der Waals surface area (Å²) in [6.07, 6.45) is 1.89. The van der Waals surface area contributed by atoms with E-state index in [0.29, 0.717) is 13.0 Å². The third kappa shape index (κ3) is 6.01. The van der Waals surface area contributed by atoms with Gasteiger partial charge in [-0.2, -0.15) is 18.3 Å². The number of hydrogen-bond donors (Lipinski definition) is 1. The first-order chi connectivity index (χ1) is 16.7. The second-order valence-electron chi connectivity index (χ2n) is 7.82. The van der Waals surface area contributed by atoms with E-state index >= 15 is 0 Å². The molecule has 1 fully saturated rings. The number of thiophene rings is 1. The molecule has 1 aliphatic heterocycles. The minimum Gasteiger partial charge on any atom is -0.475 e. The number of amides is 1. The van der Waals surface area contributed by atoms with Gasteiger partial charge in [-0.1, -0.05) is 12.1 Å². The van der Waals surface area contributed by atoms with Crippen LogP contribution < -0.4 is 0 Å². The number of rotatable bonds is 4. The number of alkyl halides is 3. The highest BCUT2D eigenvalue weighted by molar-refractivity contribution is 7.10. The molecule has 0 radical (unpaired) electrons. The first-order valence-corrected chi connectivity index (χ1v) is 11.5. The van der Waals surface area contributed by atoms with Crippen molar-refractivity contribution in [3.63, 3.8) is 0 Å². The van der Waals surface area contributed by atoms with Gasteiger partial charge in [0.1, 0.15) is 0 Å². The number of pyridine rings is 2. The molecule has 0 saturated carbocycles. The molecule has 4 aromatic heterocycles. The van der Waals surface area contributed by atoms with E-state index in [1.807, 2.05) is 63.6 Å². The van der Waals surface area contributed by atoms with Gasteiger partial charge in [0.15, 0.2) is 11.5 Å². The van der Waals surface area contributed by atoms with E-state index in [1.54, 1.807) is 17.5 Å². The van der Waals surface area contributed by atoms with Crippen LogP contribution in [-0.2, 0) is 16.0 Å². The number of halogens is 3. The molecule has 0 spiro atoms. The number of carbonyl (C=O) groups excluding carboxylic acids is 1. The van der Waals surface area contributed by atoms with Crippen LogP contribution in [0.15, 0.2) is 60.4 Å². The van der Waals surface area contributed by atoms with Crippen LogP contribution in [0.1, 0.15) is 23.0 Å². The van der Waals surface area contributed by atoms with Gasteiger partial charge in [0.05, 0.1) is 6.42 Å². The summed E-state index contributed by atoms with van der Waals surface area (Å²) < 4.78 is 33.6. The summed E-state index contributed by atoms with van der Waals surface area (Å²) in [4.78, 5) is 33.4. The zero-order chi connectivity index (χ0) is 25.0. The van der Waals surface area contributed by atoms with Crippen molar-refractivity contribution in [2.45, 2.75) is 24.9 Å². The Morgan fingerprint density at radius 1 is 1.14 bits per heavy atom. The lowest BCUT2D eigenvalue weighted by Gasteiger charge is -2.15. The smallest absolute Gasteiger partial charge is 0.475 e. The summed E-state index contributed by atoms with van der Waals surface area (Å²) in [6, 6.07) is 12.0. The number of carboxylic acids is 1. The molecule has 1 unspecified atom stereocenters. The molecule has 1 aliphatic rings. The van der Waals surface area contributed by atoms with Crippen LogP contribution in [0.4, 0.5) is 13.2 Å². The summed E-state index contributed by atoms with van der Waals surface area (Å²) in [5, 5.41) is 13.8. The zero-order valence-electron chi connectivity index (χ0n) is 18.2. The van der Waals surface area contributed by atoms with E-state index in [-0.39, 0.29) is 11.8 Å². The Kier molecular flexibility index (Phi) is 7.10. The fourth-order valence-electron chi connectivity index (χ4n) is 3.65. The Morgan fingerprint density at radius 3 is 2.60 bits per heavy atom. The normalized spacial score (nSPS) is 15.6. The number of likely N-dealkylation sites (tertiary alicyclic amines) is 1. The van der Waals surface area contributed by atoms with Crippen LogP contribution in [0.2, 0.25) is 0 Å². The summed E-state index contributed by atoms with van der Waals surface area (Å²) in [6.45, 7) is 1.46. The van der Waals surface area contributed by atoms with Gasteiger partial charge in [-0.25, -0.2) is 14.3 Å². The molecule has 8 nitrogen and oxygen atoms in total. The predicted octanol–water partition coefficient (Wildman–Crippen LogP) is 4.04. The fraction of sp³-hybridized carbons (Fsp3) is 0.261. The monoisotopic (exact) mass is 503 g/mol. The number of aromatic nitrogens is 4. The van der Waals surface area contributed by atoms with Crippen LogP contribution in [0.5, 0.6) is 0 Å². The molecule has 5 heterocycles. The van der Waals surface area contributed by atoms with Gasteiger partial charge in [0, 0.05) is 53.6 Å². The Labute approximate surface area is 201 Å². The molecule has 12 heteroatoms. The largest absolute Gasteiger partial charge is 0.490 e. The number of hydrogen-bond acceptors (Lipinski definition) is 6. The quantitative estimate of drug-likeness (QED) is 0.451. The maximum absolute atomic E-state index is 12.5. The first kappa shape index (κ1) is 24.3. The zero-order valence-corrected chi connectivity index (χ0v) is 19.0. The molecule has 0 aliphatic carbocycles. The van der Waals surface area contributed by atoms with Gasteiger partial charge < -0.3 is 10.0 Å². The highest BCUT2D eigenvalue weighted by Crippen LogP contribution is 2.27. The number of nitrogens with zero attached hydrogens (tertiary/aromatic N) is 5. The minimum absolute atomic E-state index is 0.188. The van der Waals surface area contributed by atoms with E-state index in [0.717, 1.165) is 40.4 Å². The van der Waals surface area contributed by atoms with Gasteiger partial charge in [0.25, 0.3) is 0 Å². The molecule has 5 rings (SSSR count). The maximum Gasteiger partial charge on any atom is 0.490 e. The van der Waals surface area contributed by atoms with Crippen LogP contribution in [0, 0.1) is 0 Å². The molecule has 182 valence electrons. The Morgan fingerprint density at radius 2 is 1.94 bits per heavy atom. The maximum atomic E-state index is 12.5. The van der Waals surface area contributed by atoms with E-state index < -0.39 is 12.1 Å². The van der Waals surface area contributed by atoms with E-state index in [1.165, 1.54) is 0 Å². The molecular formula is C23H20F3N5O3S. The van der Waals surface area contributed by atoms with Gasteiger partial charge in [-0.15, -0.1) is 11.3 Å². The average Bonchev–Trinajstić information content (AvgIpc) is 3.59. The van der Waals surface area contributed by atoms with Crippen LogP contribution in [0.25, 0.3) is 16.8 Å². The SMILES string of the molecule is O=C(Cc1cccs1)N1CCC(c2nc3ccc(-c4cccnc4)cn3n2)C1.O=C(O)C(F)(F)F. The number of fused-ring (bicyclic) bond motifs is 1. The minimum atomic E-state index is -5.08. The van der Waals surface area contributed by atoms with Crippen molar-refractivity contribution in [3.8, 4) is 11.1 Å². The van der Waals surface area contributed by atoms with Gasteiger partial charge in [0.2, 0.25) is 5.91 Å². The van der Waals surface area contributed by atoms with Crippen molar-refractivity contribution in [3.05, 3.63) is 71.1 Å². The summed E-state index contributed by atoms with van der Waals surface area (Å²) in [5.41, 5.74) is 2.93. The van der Waals surface area contributed by atoms with Crippen LogP contribution >= 0.6 is 11.3 Å². The summed E-state index contributed by atoms with van der Waals surface area (Å²) in [7, 11) is 0. The average molecular weight is 504 g/mol. The van der Waals surface area contributed by atoms with Crippen LogP contribution in [0.3, 0.4) is 0 Å². The van der Waals surface area contributed by atoms with Crippen LogP contribution in [-0.4, -0.2) is 60.7 Å². The van der Waals surface area contributed by atoms with Crippen molar-refractivity contribution in [2.24, 2.45) is 0 Å². The van der Waals surface area contributed by atoms with Crippen molar-refractivity contribution in [1.82, 2.24) is 24.5 Å². The number of aliphatic carboxylic acids is 1. The molecule has 1 atom stereocenters. The fourth-order valence-corrected chi connectivity index (χ4v) is 4.34. The number of carboxylic acid groups (broad SMARTS) is 1. The van der Waals surface area contributed by atoms with Crippen molar-refractivity contribution >= 4 is 28.9 Å². The highest BCUT2D eigenvalue weighted by Gasteiger charge is 2.38. The highest BCUT2D eigenvalue weighted by atomic mass is 32.1. The van der Waals surface area contributed by atoms with E-state index in [4.69, 9.17) is 20.0 Å². The molecule has 0 aromatic carbocycles.